The molecule has 82 valence electrons. The van der Waals surface area contributed by atoms with Crippen LogP contribution in [0.25, 0.3) is 17.0 Å². The normalized spacial score (nSPS) is 11.1. The third-order valence-electron chi connectivity index (χ3n) is 2.31. The number of esters is 1. The fourth-order valence-corrected chi connectivity index (χ4v) is 1.60. The zero-order valence-electron chi connectivity index (χ0n) is 9.07. The van der Waals surface area contributed by atoms with Crippen molar-refractivity contribution in [2.45, 2.75) is 6.92 Å². The van der Waals surface area contributed by atoms with E-state index < -0.39 is 0 Å². The summed E-state index contributed by atoms with van der Waals surface area (Å²) < 4.78 is 4.82. The van der Waals surface area contributed by atoms with Crippen LogP contribution < -0.4 is 0 Å². The molecule has 0 fully saturated rings. The number of carbonyl (C=O) groups is 1. The lowest BCUT2D eigenvalue weighted by Crippen LogP contribution is -1.98. The zero-order chi connectivity index (χ0) is 11.4. The molecule has 16 heavy (non-hydrogen) atoms. The van der Waals surface area contributed by atoms with Gasteiger partial charge in [0.2, 0.25) is 0 Å². The Hall–Kier alpha value is -2.03. The number of carbonyl (C=O) groups excluding carboxylic acids is 1. The fourth-order valence-electron chi connectivity index (χ4n) is 1.60. The molecule has 0 spiro atoms. The van der Waals surface area contributed by atoms with Crippen LogP contribution in [-0.4, -0.2) is 17.6 Å². The van der Waals surface area contributed by atoms with Gasteiger partial charge < -0.3 is 9.72 Å². The van der Waals surface area contributed by atoms with Crippen molar-refractivity contribution in [3.8, 4) is 0 Å². The molecule has 1 aromatic heterocycles. The van der Waals surface area contributed by atoms with Crippen LogP contribution in [0.15, 0.2) is 36.5 Å². The topological polar surface area (TPSA) is 42.1 Å². The maximum absolute atomic E-state index is 11.2. The summed E-state index contributed by atoms with van der Waals surface area (Å²) in [7, 11) is 0. The van der Waals surface area contributed by atoms with Crippen molar-refractivity contribution >= 4 is 22.9 Å². The molecule has 0 aliphatic rings. The van der Waals surface area contributed by atoms with Gasteiger partial charge in [-0.2, -0.15) is 0 Å². The molecule has 1 aromatic carbocycles. The Morgan fingerprint density at radius 3 is 3.12 bits per heavy atom. The highest BCUT2D eigenvalue weighted by Crippen LogP contribution is 2.18. The minimum absolute atomic E-state index is 0.310. The van der Waals surface area contributed by atoms with Crippen LogP contribution in [0.5, 0.6) is 0 Å². The van der Waals surface area contributed by atoms with Gasteiger partial charge in [0.05, 0.1) is 6.61 Å². The van der Waals surface area contributed by atoms with Crippen molar-refractivity contribution in [3.63, 3.8) is 0 Å². The van der Waals surface area contributed by atoms with E-state index >= 15 is 0 Å². The van der Waals surface area contributed by atoms with Gasteiger partial charge in [-0.05, 0) is 30.7 Å². The van der Waals surface area contributed by atoms with Crippen molar-refractivity contribution in [3.05, 3.63) is 42.1 Å². The predicted molar refractivity (Wildman–Crippen MR) is 64.0 cm³/mol. The first-order valence-corrected chi connectivity index (χ1v) is 5.22. The van der Waals surface area contributed by atoms with Crippen molar-refractivity contribution in [1.29, 1.82) is 0 Å². The Bertz CT molecular complexity index is 525. The van der Waals surface area contributed by atoms with E-state index in [-0.39, 0.29) is 5.97 Å². The molecule has 1 heterocycles. The summed E-state index contributed by atoms with van der Waals surface area (Å²) in [6.07, 6.45) is 5.10. The standard InChI is InChI=1S/C13H13NO2/c1-2-16-13(15)7-6-10-4-3-5-12-11(10)8-9-14-12/h3-9,14H,2H2,1H3. The lowest BCUT2D eigenvalue weighted by molar-refractivity contribution is -0.137. The van der Waals surface area contributed by atoms with E-state index in [4.69, 9.17) is 4.74 Å². The number of benzene rings is 1. The van der Waals surface area contributed by atoms with Crippen LogP contribution in [0.4, 0.5) is 0 Å². The number of hydrogen-bond donors (Lipinski definition) is 1. The van der Waals surface area contributed by atoms with E-state index in [0.29, 0.717) is 6.61 Å². The molecule has 0 aliphatic carbocycles. The van der Waals surface area contributed by atoms with Crippen LogP contribution in [0.1, 0.15) is 12.5 Å². The third-order valence-corrected chi connectivity index (χ3v) is 2.31. The zero-order valence-corrected chi connectivity index (χ0v) is 9.07. The van der Waals surface area contributed by atoms with Gasteiger partial charge in [0.15, 0.2) is 0 Å². The van der Waals surface area contributed by atoms with Crippen LogP contribution >= 0.6 is 0 Å². The molecule has 0 aliphatic heterocycles. The first-order chi connectivity index (χ1) is 7.81. The van der Waals surface area contributed by atoms with Crippen LogP contribution in [0, 0.1) is 0 Å². The minimum atomic E-state index is -0.310. The minimum Gasteiger partial charge on any atom is -0.463 e. The SMILES string of the molecule is CCOC(=O)C=Cc1cccc2[nH]ccc12. The Morgan fingerprint density at radius 2 is 2.31 bits per heavy atom. The van der Waals surface area contributed by atoms with Gasteiger partial charge in [0.1, 0.15) is 0 Å². The molecule has 0 unspecified atom stereocenters. The highest BCUT2D eigenvalue weighted by Gasteiger charge is 1.99. The number of hydrogen-bond acceptors (Lipinski definition) is 2. The van der Waals surface area contributed by atoms with E-state index in [1.165, 1.54) is 6.08 Å². The summed E-state index contributed by atoms with van der Waals surface area (Å²) in [5.41, 5.74) is 2.07. The monoisotopic (exact) mass is 215 g/mol. The smallest absolute Gasteiger partial charge is 0.330 e. The number of aromatic amines is 1. The molecule has 0 saturated heterocycles. The van der Waals surface area contributed by atoms with Gasteiger partial charge in [-0.1, -0.05) is 12.1 Å². The van der Waals surface area contributed by atoms with Crippen LogP contribution in [0.2, 0.25) is 0 Å². The first kappa shape index (κ1) is 10.5. The fraction of sp³-hybridized carbons (Fsp3) is 0.154. The number of ether oxygens (including phenoxy) is 1. The van der Waals surface area contributed by atoms with E-state index in [9.17, 15) is 4.79 Å². The largest absolute Gasteiger partial charge is 0.463 e. The van der Waals surface area contributed by atoms with Crippen molar-refractivity contribution in [2.75, 3.05) is 6.61 Å². The Balaban J connectivity index is 2.27. The molecule has 0 radical (unpaired) electrons. The van der Waals surface area contributed by atoms with E-state index in [0.717, 1.165) is 16.5 Å². The number of nitrogens with one attached hydrogen (secondary N) is 1. The molecule has 0 saturated carbocycles. The first-order valence-electron chi connectivity index (χ1n) is 5.22. The molecule has 0 bridgehead atoms. The molecule has 3 heteroatoms. The summed E-state index contributed by atoms with van der Waals surface area (Å²) in [6, 6.07) is 7.90. The van der Waals surface area contributed by atoms with Crippen molar-refractivity contribution in [2.24, 2.45) is 0 Å². The molecule has 0 atom stereocenters. The summed E-state index contributed by atoms with van der Waals surface area (Å²) in [5.74, 6) is -0.310. The Labute approximate surface area is 93.7 Å². The summed E-state index contributed by atoms with van der Waals surface area (Å²) >= 11 is 0. The number of rotatable bonds is 3. The quantitative estimate of drug-likeness (QED) is 0.631. The van der Waals surface area contributed by atoms with Gasteiger partial charge in [0, 0.05) is 23.2 Å². The highest BCUT2D eigenvalue weighted by molar-refractivity contribution is 5.93. The van der Waals surface area contributed by atoms with Crippen molar-refractivity contribution < 1.29 is 9.53 Å². The van der Waals surface area contributed by atoms with Crippen LogP contribution in [0.3, 0.4) is 0 Å². The van der Waals surface area contributed by atoms with E-state index in [1.807, 2.05) is 30.5 Å². The molecular weight excluding hydrogens is 202 g/mol. The Kier molecular flexibility index (Phi) is 3.05. The van der Waals surface area contributed by atoms with Gasteiger partial charge in [0.25, 0.3) is 0 Å². The van der Waals surface area contributed by atoms with Crippen LogP contribution in [-0.2, 0) is 9.53 Å². The average Bonchev–Trinajstić information content (AvgIpc) is 2.75. The average molecular weight is 215 g/mol. The van der Waals surface area contributed by atoms with E-state index in [2.05, 4.69) is 4.98 Å². The maximum Gasteiger partial charge on any atom is 0.330 e. The third kappa shape index (κ3) is 2.14. The predicted octanol–water partition coefficient (Wildman–Crippen LogP) is 2.74. The molecule has 2 rings (SSSR count). The number of aromatic nitrogens is 1. The Morgan fingerprint density at radius 1 is 1.44 bits per heavy atom. The van der Waals surface area contributed by atoms with Gasteiger partial charge in [-0.25, -0.2) is 4.79 Å². The lowest BCUT2D eigenvalue weighted by Gasteiger charge is -1.97. The van der Waals surface area contributed by atoms with Gasteiger partial charge in [-0.3, -0.25) is 0 Å². The summed E-state index contributed by atoms with van der Waals surface area (Å²) in [5, 5.41) is 1.10. The molecule has 1 N–H and O–H groups in total. The molecular formula is C13H13NO2. The second kappa shape index (κ2) is 4.66. The van der Waals surface area contributed by atoms with E-state index in [1.54, 1.807) is 13.0 Å². The van der Waals surface area contributed by atoms with Gasteiger partial charge >= 0.3 is 5.97 Å². The molecule has 0 amide bonds. The number of H-pyrrole nitrogens is 1. The molecule has 2 aromatic rings. The van der Waals surface area contributed by atoms with Crippen molar-refractivity contribution in [1.82, 2.24) is 4.98 Å². The second-order valence-corrected chi connectivity index (χ2v) is 3.37. The maximum atomic E-state index is 11.2. The highest BCUT2D eigenvalue weighted by atomic mass is 16.5. The lowest BCUT2D eigenvalue weighted by atomic mass is 10.1. The summed E-state index contributed by atoms with van der Waals surface area (Å²) in [4.78, 5) is 14.3. The molecule has 3 nitrogen and oxygen atoms in total. The number of fused-ring (bicyclic) bond motifs is 1. The summed E-state index contributed by atoms with van der Waals surface area (Å²) in [6.45, 7) is 2.19. The second-order valence-electron chi connectivity index (χ2n) is 3.37. The van der Waals surface area contributed by atoms with Gasteiger partial charge in [-0.15, -0.1) is 0 Å².